The minimum Gasteiger partial charge on any atom is -0.425 e. The molecular weight excluding hydrogens is 326 g/mol. The van der Waals surface area contributed by atoms with Crippen molar-refractivity contribution < 1.29 is 27.1 Å². The largest absolute Gasteiger partial charge is 0.482 e. The van der Waals surface area contributed by atoms with Crippen LogP contribution >= 0.6 is 11.6 Å². The lowest BCUT2D eigenvalue weighted by Gasteiger charge is -2.17. The molecule has 8 heteroatoms. The van der Waals surface area contributed by atoms with Crippen molar-refractivity contribution in [1.29, 1.82) is 0 Å². The maximum Gasteiger partial charge on any atom is 0.482 e. The fourth-order valence-corrected chi connectivity index (χ4v) is 1.61. The first-order chi connectivity index (χ1) is 10.3. The molecule has 1 amide bonds. The van der Waals surface area contributed by atoms with Crippen LogP contribution in [0.2, 0.25) is 5.02 Å². The molecule has 0 radical (unpaired) electrons. The number of rotatable bonds is 4. The van der Waals surface area contributed by atoms with E-state index >= 15 is 0 Å². The standard InChI is InChI=1S/C14H8ClF4NO2/c15-8-1-4-10(5-2-8)22-14(18,19)13(21)20-12-6-3-9(16)7-11(12)17/h1-7H,(H,20,21). The van der Waals surface area contributed by atoms with E-state index in [1.54, 1.807) is 5.32 Å². The summed E-state index contributed by atoms with van der Waals surface area (Å²) in [4.78, 5) is 11.5. The van der Waals surface area contributed by atoms with Crippen LogP contribution in [0.3, 0.4) is 0 Å². The highest BCUT2D eigenvalue weighted by Gasteiger charge is 2.42. The second-order valence-electron chi connectivity index (χ2n) is 4.15. The van der Waals surface area contributed by atoms with Crippen molar-refractivity contribution in [2.24, 2.45) is 0 Å². The highest BCUT2D eigenvalue weighted by atomic mass is 35.5. The van der Waals surface area contributed by atoms with Gasteiger partial charge in [0.15, 0.2) is 0 Å². The van der Waals surface area contributed by atoms with E-state index in [4.69, 9.17) is 11.6 Å². The van der Waals surface area contributed by atoms with Gasteiger partial charge in [-0.15, -0.1) is 0 Å². The number of nitrogens with one attached hydrogen (secondary N) is 1. The number of alkyl halides is 2. The van der Waals surface area contributed by atoms with Crippen LogP contribution in [0.1, 0.15) is 0 Å². The Hall–Kier alpha value is -2.28. The molecule has 0 aromatic heterocycles. The van der Waals surface area contributed by atoms with Crippen LogP contribution in [-0.4, -0.2) is 12.0 Å². The average Bonchev–Trinajstić information content (AvgIpc) is 2.44. The van der Waals surface area contributed by atoms with Crippen LogP contribution in [-0.2, 0) is 4.79 Å². The topological polar surface area (TPSA) is 38.3 Å². The third-order valence-corrected chi connectivity index (χ3v) is 2.76. The first-order valence-electron chi connectivity index (χ1n) is 5.87. The van der Waals surface area contributed by atoms with Crippen LogP contribution in [0.15, 0.2) is 42.5 Å². The van der Waals surface area contributed by atoms with E-state index in [0.717, 1.165) is 24.3 Å². The van der Waals surface area contributed by atoms with E-state index in [1.165, 1.54) is 12.1 Å². The van der Waals surface area contributed by atoms with Crippen molar-refractivity contribution in [1.82, 2.24) is 0 Å². The summed E-state index contributed by atoms with van der Waals surface area (Å²) in [6.45, 7) is 0. The highest BCUT2D eigenvalue weighted by molar-refractivity contribution is 6.30. The molecule has 0 spiro atoms. The molecule has 0 heterocycles. The first-order valence-corrected chi connectivity index (χ1v) is 6.24. The Morgan fingerprint density at radius 1 is 1.09 bits per heavy atom. The second kappa shape index (κ2) is 6.23. The minimum absolute atomic E-state index is 0.300. The summed E-state index contributed by atoms with van der Waals surface area (Å²) in [6.07, 6.45) is -4.26. The van der Waals surface area contributed by atoms with Crippen molar-refractivity contribution in [3.63, 3.8) is 0 Å². The highest BCUT2D eigenvalue weighted by Crippen LogP contribution is 2.25. The smallest absolute Gasteiger partial charge is 0.425 e. The van der Waals surface area contributed by atoms with E-state index < -0.39 is 29.3 Å². The Labute approximate surface area is 127 Å². The maximum atomic E-state index is 13.6. The summed E-state index contributed by atoms with van der Waals surface area (Å²) in [5, 5.41) is 1.93. The summed E-state index contributed by atoms with van der Waals surface area (Å²) in [6, 6.07) is 6.96. The lowest BCUT2D eigenvalue weighted by Crippen LogP contribution is -2.40. The number of ether oxygens (including phenoxy) is 1. The Balaban J connectivity index is 2.11. The molecule has 2 rings (SSSR count). The minimum atomic E-state index is -4.26. The predicted octanol–water partition coefficient (Wildman–Crippen LogP) is 4.23. The maximum absolute atomic E-state index is 13.6. The second-order valence-corrected chi connectivity index (χ2v) is 4.59. The lowest BCUT2D eigenvalue weighted by atomic mass is 10.3. The number of benzene rings is 2. The molecule has 0 aliphatic heterocycles. The molecule has 0 atom stereocenters. The third kappa shape index (κ3) is 3.88. The molecule has 0 aliphatic rings. The third-order valence-electron chi connectivity index (χ3n) is 2.50. The summed E-state index contributed by atoms with van der Waals surface area (Å²) in [7, 11) is 0. The summed E-state index contributed by atoms with van der Waals surface area (Å²) in [5.41, 5.74) is -0.592. The van der Waals surface area contributed by atoms with E-state index in [9.17, 15) is 22.4 Å². The van der Waals surface area contributed by atoms with Crippen molar-refractivity contribution in [3.8, 4) is 5.75 Å². The molecule has 0 unspecified atom stereocenters. The van der Waals surface area contributed by atoms with Gasteiger partial charge in [0.05, 0.1) is 5.69 Å². The molecule has 22 heavy (non-hydrogen) atoms. The number of carbonyl (C=O) groups excluding carboxylic acids is 1. The normalized spacial score (nSPS) is 11.1. The predicted molar refractivity (Wildman–Crippen MR) is 72.0 cm³/mol. The molecule has 1 N–H and O–H groups in total. The SMILES string of the molecule is O=C(Nc1ccc(F)cc1F)C(F)(F)Oc1ccc(Cl)cc1. The fourth-order valence-electron chi connectivity index (χ4n) is 1.48. The lowest BCUT2D eigenvalue weighted by molar-refractivity contribution is -0.187. The molecule has 0 saturated heterocycles. The molecule has 2 aromatic rings. The van der Waals surface area contributed by atoms with Gasteiger partial charge in [-0.05, 0) is 36.4 Å². The first kappa shape index (κ1) is 16.1. The van der Waals surface area contributed by atoms with E-state index in [-0.39, 0.29) is 5.75 Å². The molecule has 0 bridgehead atoms. The van der Waals surface area contributed by atoms with Gasteiger partial charge in [0.1, 0.15) is 17.4 Å². The Kier molecular flexibility index (Phi) is 4.56. The molecule has 2 aromatic carbocycles. The number of hydrogen-bond donors (Lipinski definition) is 1. The van der Waals surface area contributed by atoms with Gasteiger partial charge in [-0.1, -0.05) is 11.6 Å². The molecule has 0 saturated carbocycles. The number of hydrogen-bond acceptors (Lipinski definition) is 2. The van der Waals surface area contributed by atoms with Gasteiger partial charge >= 0.3 is 12.0 Å². The van der Waals surface area contributed by atoms with Crippen LogP contribution in [0.5, 0.6) is 5.75 Å². The Bertz CT molecular complexity index is 692. The Morgan fingerprint density at radius 2 is 1.73 bits per heavy atom. The monoisotopic (exact) mass is 333 g/mol. The zero-order valence-electron chi connectivity index (χ0n) is 10.7. The van der Waals surface area contributed by atoms with Gasteiger partial charge in [-0.25, -0.2) is 8.78 Å². The molecule has 3 nitrogen and oxygen atoms in total. The number of carbonyl (C=O) groups is 1. The van der Waals surface area contributed by atoms with Crippen LogP contribution in [0.25, 0.3) is 0 Å². The number of amides is 1. The van der Waals surface area contributed by atoms with Crippen molar-refractivity contribution >= 4 is 23.2 Å². The molecule has 0 fully saturated rings. The fraction of sp³-hybridized carbons (Fsp3) is 0.0714. The summed E-state index contributed by atoms with van der Waals surface area (Å²) < 4.78 is 57.5. The molecule has 0 aliphatic carbocycles. The van der Waals surface area contributed by atoms with Gasteiger partial charge in [0.25, 0.3) is 0 Å². The number of halogens is 5. The van der Waals surface area contributed by atoms with Crippen LogP contribution < -0.4 is 10.1 Å². The van der Waals surface area contributed by atoms with Gasteiger partial charge in [0.2, 0.25) is 0 Å². The summed E-state index contributed by atoms with van der Waals surface area (Å²) >= 11 is 5.59. The van der Waals surface area contributed by atoms with Gasteiger partial charge in [-0.3, -0.25) is 4.79 Å². The summed E-state index contributed by atoms with van der Waals surface area (Å²) in [5.74, 6) is -4.28. The van der Waals surface area contributed by atoms with E-state index in [0.29, 0.717) is 11.1 Å². The van der Waals surface area contributed by atoms with Crippen molar-refractivity contribution in [2.45, 2.75) is 6.11 Å². The van der Waals surface area contributed by atoms with Gasteiger partial charge in [0, 0.05) is 11.1 Å². The van der Waals surface area contributed by atoms with Gasteiger partial charge < -0.3 is 10.1 Å². The van der Waals surface area contributed by atoms with E-state index in [1.807, 2.05) is 0 Å². The van der Waals surface area contributed by atoms with Gasteiger partial charge in [-0.2, -0.15) is 8.78 Å². The zero-order chi connectivity index (χ0) is 16.3. The zero-order valence-corrected chi connectivity index (χ0v) is 11.5. The van der Waals surface area contributed by atoms with Crippen molar-refractivity contribution in [3.05, 3.63) is 59.1 Å². The quantitative estimate of drug-likeness (QED) is 0.850. The average molecular weight is 334 g/mol. The molecule has 116 valence electrons. The van der Waals surface area contributed by atoms with E-state index in [2.05, 4.69) is 4.74 Å². The molecular formula is C14H8ClF4NO2. The van der Waals surface area contributed by atoms with Crippen molar-refractivity contribution in [2.75, 3.05) is 5.32 Å². The van der Waals surface area contributed by atoms with Crippen LogP contribution in [0, 0.1) is 11.6 Å². The number of anilines is 1. The Morgan fingerprint density at radius 3 is 2.32 bits per heavy atom. The van der Waals surface area contributed by atoms with Crippen LogP contribution in [0.4, 0.5) is 23.2 Å².